The SMILES string of the molecule is CCN(CC)C(=O)c1cc(-c2ccc3cc(-c4cnc(C5CCCN5C(=O)OC(C)(C)C)[nH]4)ccc3c2)ccc1C. The molecule has 0 saturated carbocycles. The van der Waals surface area contributed by atoms with Gasteiger partial charge in [0.15, 0.2) is 0 Å². The van der Waals surface area contributed by atoms with Crippen molar-refractivity contribution in [2.75, 3.05) is 19.6 Å². The van der Waals surface area contributed by atoms with E-state index in [1.54, 1.807) is 4.90 Å². The molecule has 5 rings (SSSR count). The maximum atomic E-state index is 13.1. The Bertz CT molecular complexity index is 1580. The number of hydrogen-bond acceptors (Lipinski definition) is 4. The molecule has 1 aliphatic heterocycles. The largest absolute Gasteiger partial charge is 0.444 e. The average Bonchev–Trinajstić information content (AvgIpc) is 3.63. The number of likely N-dealkylation sites (tertiary alicyclic amines) is 1. The predicted octanol–water partition coefficient (Wildman–Crippen LogP) is 7.76. The number of carbonyl (C=O) groups excluding carboxylic acids is 2. The molecule has 1 atom stereocenters. The minimum Gasteiger partial charge on any atom is -0.444 e. The molecule has 0 radical (unpaired) electrons. The van der Waals surface area contributed by atoms with Crippen LogP contribution in [0.1, 0.15) is 75.2 Å². The Hall–Kier alpha value is -4.13. The van der Waals surface area contributed by atoms with E-state index in [-0.39, 0.29) is 18.0 Å². The van der Waals surface area contributed by atoms with Crippen LogP contribution in [0.5, 0.6) is 0 Å². The van der Waals surface area contributed by atoms with Crippen LogP contribution < -0.4 is 0 Å². The van der Waals surface area contributed by atoms with Crippen LogP contribution in [0, 0.1) is 6.92 Å². The van der Waals surface area contributed by atoms with Crippen molar-refractivity contribution in [3.63, 3.8) is 0 Å². The lowest BCUT2D eigenvalue weighted by molar-refractivity contribution is 0.0218. The van der Waals surface area contributed by atoms with E-state index >= 15 is 0 Å². The Morgan fingerprint density at radius 3 is 2.29 bits per heavy atom. The van der Waals surface area contributed by atoms with Crippen LogP contribution in [-0.2, 0) is 4.74 Å². The second kappa shape index (κ2) is 11.4. The lowest BCUT2D eigenvalue weighted by Crippen LogP contribution is -2.36. The zero-order valence-electron chi connectivity index (χ0n) is 25.0. The number of carbonyl (C=O) groups is 2. The summed E-state index contributed by atoms with van der Waals surface area (Å²) in [6.45, 7) is 13.7. The Labute approximate surface area is 242 Å². The fourth-order valence-electron chi connectivity index (χ4n) is 5.55. The van der Waals surface area contributed by atoms with Gasteiger partial charge >= 0.3 is 6.09 Å². The highest BCUT2D eigenvalue weighted by Gasteiger charge is 2.34. The third-order valence-electron chi connectivity index (χ3n) is 7.80. The van der Waals surface area contributed by atoms with Crippen molar-refractivity contribution in [1.29, 1.82) is 0 Å². The summed E-state index contributed by atoms with van der Waals surface area (Å²) >= 11 is 0. The van der Waals surface area contributed by atoms with Gasteiger partial charge in [-0.2, -0.15) is 0 Å². The molecule has 1 fully saturated rings. The van der Waals surface area contributed by atoms with Crippen LogP contribution in [0.15, 0.2) is 60.8 Å². The van der Waals surface area contributed by atoms with Crippen LogP contribution in [0.3, 0.4) is 0 Å². The van der Waals surface area contributed by atoms with Crippen molar-refractivity contribution in [3.05, 3.63) is 77.7 Å². The summed E-state index contributed by atoms with van der Waals surface area (Å²) in [5.41, 5.74) is 5.26. The summed E-state index contributed by atoms with van der Waals surface area (Å²) in [5.74, 6) is 0.860. The molecule has 214 valence electrons. The minimum atomic E-state index is -0.534. The van der Waals surface area contributed by atoms with Gasteiger partial charge in [-0.3, -0.25) is 9.69 Å². The number of hydrogen-bond donors (Lipinski definition) is 1. The van der Waals surface area contributed by atoms with E-state index < -0.39 is 5.60 Å². The third-order valence-corrected chi connectivity index (χ3v) is 7.80. The average molecular weight is 553 g/mol. The smallest absolute Gasteiger partial charge is 0.410 e. The van der Waals surface area contributed by atoms with Gasteiger partial charge in [-0.25, -0.2) is 9.78 Å². The van der Waals surface area contributed by atoms with Gasteiger partial charge in [-0.1, -0.05) is 36.4 Å². The van der Waals surface area contributed by atoms with Gasteiger partial charge in [0.25, 0.3) is 5.91 Å². The van der Waals surface area contributed by atoms with Crippen molar-refractivity contribution < 1.29 is 14.3 Å². The van der Waals surface area contributed by atoms with E-state index in [0.717, 1.165) is 62.9 Å². The highest BCUT2D eigenvalue weighted by molar-refractivity contribution is 5.97. The molecular formula is C34H40N4O3. The number of fused-ring (bicyclic) bond motifs is 1. The highest BCUT2D eigenvalue weighted by atomic mass is 16.6. The number of aromatic amines is 1. The van der Waals surface area contributed by atoms with Gasteiger partial charge in [0.05, 0.1) is 17.9 Å². The molecule has 0 aliphatic carbocycles. The first-order chi connectivity index (χ1) is 19.6. The highest BCUT2D eigenvalue weighted by Crippen LogP contribution is 2.34. The van der Waals surface area contributed by atoms with Gasteiger partial charge in [-0.05, 0) is 100 Å². The van der Waals surface area contributed by atoms with Gasteiger partial charge in [0.2, 0.25) is 0 Å². The molecule has 1 N–H and O–H groups in total. The van der Waals surface area contributed by atoms with E-state index in [0.29, 0.717) is 19.6 Å². The van der Waals surface area contributed by atoms with Crippen molar-refractivity contribution in [3.8, 4) is 22.4 Å². The second-order valence-electron chi connectivity index (χ2n) is 11.8. The zero-order chi connectivity index (χ0) is 29.3. The van der Waals surface area contributed by atoms with Crippen LogP contribution in [0.4, 0.5) is 4.79 Å². The Morgan fingerprint density at radius 1 is 0.976 bits per heavy atom. The van der Waals surface area contributed by atoms with E-state index in [4.69, 9.17) is 4.74 Å². The van der Waals surface area contributed by atoms with Crippen LogP contribution in [0.2, 0.25) is 0 Å². The number of H-pyrrole nitrogens is 1. The normalized spacial score (nSPS) is 15.4. The lowest BCUT2D eigenvalue weighted by atomic mass is 9.96. The van der Waals surface area contributed by atoms with Crippen molar-refractivity contribution in [2.24, 2.45) is 0 Å². The maximum absolute atomic E-state index is 13.1. The topological polar surface area (TPSA) is 78.5 Å². The molecule has 1 aromatic heterocycles. The molecule has 1 aliphatic rings. The molecule has 0 bridgehead atoms. The first kappa shape index (κ1) is 28.4. The number of imidazole rings is 1. The molecule has 1 saturated heterocycles. The maximum Gasteiger partial charge on any atom is 0.410 e. The Balaban J connectivity index is 1.38. The van der Waals surface area contributed by atoms with Gasteiger partial charge in [-0.15, -0.1) is 0 Å². The minimum absolute atomic E-state index is 0.0746. The van der Waals surface area contributed by atoms with Crippen LogP contribution in [-0.4, -0.2) is 57.0 Å². The molecule has 4 aromatic rings. The summed E-state index contributed by atoms with van der Waals surface area (Å²) < 4.78 is 5.63. The molecule has 1 unspecified atom stereocenters. The van der Waals surface area contributed by atoms with E-state index in [1.165, 1.54) is 0 Å². The standard InChI is InChI=1S/C34H40N4O3/c1-7-37(8-2)32(39)28-20-26(12-11-22(28)3)24-13-14-25-19-27(16-15-23(25)18-24)29-21-35-31(36-29)30-10-9-17-38(30)33(40)41-34(4,5)6/h11-16,18-21,30H,7-10,17H2,1-6H3,(H,35,36). The first-order valence-corrected chi connectivity index (χ1v) is 14.6. The summed E-state index contributed by atoms with van der Waals surface area (Å²) in [7, 11) is 0. The molecular weight excluding hydrogens is 512 g/mol. The molecule has 3 aromatic carbocycles. The summed E-state index contributed by atoms with van der Waals surface area (Å²) in [6.07, 6.45) is 3.33. The van der Waals surface area contributed by atoms with Crippen molar-refractivity contribution >= 4 is 22.8 Å². The fourth-order valence-corrected chi connectivity index (χ4v) is 5.55. The zero-order valence-corrected chi connectivity index (χ0v) is 25.0. The Morgan fingerprint density at radius 2 is 1.61 bits per heavy atom. The molecule has 7 heteroatoms. The molecule has 2 amide bonds. The Kier molecular flexibility index (Phi) is 7.89. The first-order valence-electron chi connectivity index (χ1n) is 14.6. The number of amides is 2. The molecule has 41 heavy (non-hydrogen) atoms. The summed E-state index contributed by atoms with van der Waals surface area (Å²) in [6, 6.07) is 18.8. The molecule has 7 nitrogen and oxygen atoms in total. The fraction of sp³-hybridized carbons (Fsp3) is 0.382. The number of aromatic nitrogens is 2. The van der Waals surface area contributed by atoms with E-state index in [9.17, 15) is 9.59 Å². The molecule has 2 heterocycles. The number of aryl methyl sites for hydroxylation is 1. The number of nitrogens with zero attached hydrogens (tertiary/aromatic N) is 3. The number of benzene rings is 3. The summed E-state index contributed by atoms with van der Waals surface area (Å²) in [5, 5.41) is 2.24. The number of ether oxygens (including phenoxy) is 1. The van der Waals surface area contributed by atoms with Gasteiger partial charge < -0.3 is 14.6 Å². The van der Waals surface area contributed by atoms with Gasteiger partial charge in [0, 0.05) is 30.8 Å². The predicted molar refractivity (Wildman–Crippen MR) is 164 cm³/mol. The van der Waals surface area contributed by atoms with Crippen molar-refractivity contribution in [2.45, 2.75) is 66.0 Å². The van der Waals surface area contributed by atoms with E-state index in [2.05, 4.69) is 52.4 Å². The lowest BCUT2D eigenvalue weighted by Gasteiger charge is -2.27. The van der Waals surface area contributed by atoms with E-state index in [1.807, 2.05) is 64.8 Å². The van der Waals surface area contributed by atoms with Gasteiger partial charge in [0.1, 0.15) is 11.4 Å². The second-order valence-corrected chi connectivity index (χ2v) is 11.8. The van der Waals surface area contributed by atoms with Crippen LogP contribution >= 0.6 is 0 Å². The molecule has 0 spiro atoms. The monoisotopic (exact) mass is 552 g/mol. The summed E-state index contributed by atoms with van der Waals surface area (Å²) in [4.78, 5) is 37.6. The van der Waals surface area contributed by atoms with Crippen molar-refractivity contribution in [1.82, 2.24) is 19.8 Å². The number of rotatable bonds is 6. The van der Waals surface area contributed by atoms with Crippen LogP contribution in [0.25, 0.3) is 33.2 Å². The quantitative estimate of drug-likeness (QED) is 0.265. The number of nitrogens with one attached hydrogen (secondary N) is 1. The third kappa shape index (κ3) is 5.99.